The van der Waals surface area contributed by atoms with E-state index in [0.717, 1.165) is 4.88 Å². The van der Waals surface area contributed by atoms with Crippen LogP contribution in [0.25, 0.3) is 0 Å². The molecule has 0 radical (unpaired) electrons. The van der Waals surface area contributed by atoms with Crippen molar-refractivity contribution in [2.24, 2.45) is 0 Å². The second-order valence-electron chi connectivity index (χ2n) is 3.55. The second-order valence-corrected chi connectivity index (χ2v) is 6.29. The number of halogens is 2. The minimum atomic E-state index is -0.176. The molecule has 18 heavy (non-hydrogen) atoms. The molecule has 0 saturated heterocycles. The number of aromatic hydroxyl groups is 1. The molecule has 0 unspecified atom stereocenters. The zero-order valence-electron chi connectivity index (χ0n) is 9.11. The minimum absolute atomic E-state index is 0.0878. The topological polar surface area (TPSA) is 49.3 Å². The summed E-state index contributed by atoms with van der Waals surface area (Å²) in [6.07, 6.45) is 0. The van der Waals surface area contributed by atoms with Crippen LogP contribution in [0.5, 0.6) is 5.75 Å². The summed E-state index contributed by atoms with van der Waals surface area (Å²) in [6.45, 7) is 0.507. The number of carbonyl (C=O) groups is 1. The lowest BCUT2D eigenvalue weighted by atomic mass is 10.2. The van der Waals surface area contributed by atoms with Crippen molar-refractivity contribution in [3.05, 3.63) is 49.0 Å². The number of phenolic OH excluding ortho intramolecular Hbond substituents is 1. The third-order valence-electron chi connectivity index (χ3n) is 2.28. The third kappa shape index (κ3) is 3.13. The molecule has 0 spiro atoms. The molecule has 0 aliphatic heterocycles. The van der Waals surface area contributed by atoms with Gasteiger partial charge in [-0.05, 0) is 55.4 Å². The molecule has 0 bridgehead atoms. The van der Waals surface area contributed by atoms with Gasteiger partial charge in [0.15, 0.2) is 0 Å². The molecular formula is C12H9Br2NO2S. The lowest BCUT2D eigenvalue weighted by Gasteiger charge is -2.06. The van der Waals surface area contributed by atoms with Gasteiger partial charge in [0.2, 0.25) is 0 Å². The number of carbonyl (C=O) groups excluding carboxylic acids is 1. The monoisotopic (exact) mass is 389 g/mol. The Balaban J connectivity index is 2.09. The van der Waals surface area contributed by atoms with Crippen LogP contribution in [0.4, 0.5) is 0 Å². The van der Waals surface area contributed by atoms with Crippen LogP contribution in [-0.2, 0) is 6.54 Å². The van der Waals surface area contributed by atoms with Crippen molar-refractivity contribution in [3.63, 3.8) is 0 Å². The number of hydrogen-bond acceptors (Lipinski definition) is 3. The molecule has 94 valence electrons. The fraction of sp³-hybridized carbons (Fsp3) is 0.0833. The van der Waals surface area contributed by atoms with E-state index in [4.69, 9.17) is 0 Å². The van der Waals surface area contributed by atoms with Crippen molar-refractivity contribution in [2.75, 3.05) is 0 Å². The molecule has 0 aliphatic carbocycles. The van der Waals surface area contributed by atoms with E-state index in [1.54, 1.807) is 23.5 Å². The standard InChI is InChI=1S/C12H9Br2NO2S/c13-9-4-7(5-10(14)11(9)16)12(17)15-6-8-2-1-3-18-8/h1-5,16H,6H2,(H,15,17). The smallest absolute Gasteiger partial charge is 0.251 e. The Morgan fingerprint density at radius 1 is 1.33 bits per heavy atom. The number of amides is 1. The Hall–Kier alpha value is -0.850. The van der Waals surface area contributed by atoms with E-state index >= 15 is 0 Å². The summed E-state index contributed by atoms with van der Waals surface area (Å²) < 4.78 is 0.969. The molecule has 3 nitrogen and oxygen atoms in total. The summed E-state index contributed by atoms with van der Waals surface area (Å²) in [7, 11) is 0. The summed E-state index contributed by atoms with van der Waals surface area (Å²) in [5, 5.41) is 14.4. The van der Waals surface area contributed by atoms with Gasteiger partial charge in [-0.1, -0.05) is 6.07 Å². The third-order valence-corrected chi connectivity index (χ3v) is 4.37. The largest absolute Gasteiger partial charge is 0.506 e. The highest BCUT2D eigenvalue weighted by atomic mass is 79.9. The molecule has 2 N–H and O–H groups in total. The van der Waals surface area contributed by atoms with E-state index in [9.17, 15) is 9.90 Å². The Kier molecular flexibility index (Phi) is 4.42. The van der Waals surface area contributed by atoms with Gasteiger partial charge in [-0.2, -0.15) is 0 Å². The van der Waals surface area contributed by atoms with Gasteiger partial charge in [0.1, 0.15) is 5.75 Å². The van der Waals surface area contributed by atoms with Crippen molar-refractivity contribution in [1.29, 1.82) is 0 Å². The molecule has 0 saturated carbocycles. The first-order chi connectivity index (χ1) is 8.58. The van der Waals surface area contributed by atoms with Crippen LogP contribution >= 0.6 is 43.2 Å². The van der Waals surface area contributed by atoms with E-state index in [0.29, 0.717) is 21.1 Å². The minimum Gasteiger partial charge on any atom is -0.506 e. The zero-order valence-corrected chi connectivity index (χ0v) is 13.1. The average molecular weight is 391 g/mol. The van der Waals surface area contributed by atoms with E-state index < -0.39 is 0 Å². The maximum Gasteiger partial charge on any atom is 0.251 e. The van der Waals surface area contributed by atoms with Crippen molar-refractivity contribution in [1.82, 2.24) is 5.32 Å². The fourth-order valence-electron chi connectivity index (χ4n) is 1.38. The molecule has 0 atom stereocenters. The van der Waals surface area contributed by atoms with Gasteiger partial charge in [-0.3, -0.25) is 4.79 Å². The highest BCUT2D eigenvalue weighted by Gasteiger charge is 2.11. The van der Waals surface area contributed by atoms with Gasteiger partial charge >= 0.3 is 0 Å². The van der Waals surface area contributed by atoms with Crippen LogP contribution < -0.4 is 5.32 Å². The summed E-state index contributed by atoms with van der Waals surface area (Å²) in [5.41, 5.74) is 0.489. The number of nitrogens with one attached hydrogen (secondary N) is 1. The predicted molar refractivity (Wildman–Crippen MR) is 79.0 cm³/mol. The average Bonchev–Trinajstić information content (AvgIpc) is 2.85. The van der Waals surface area contributed by atoms with Gasteiger partial charge in [0.25, 0.3) is 5.91 Å². The second kappa shape index (κ2) is 5.86. The predicted octanol–water partition coefficient (Wildman–Crippen LogP) is 3.91. The molecule has 2 aromatic rings. The summed E-state index contributed by atoms with van der Waals surface area (Å²) >= 11 is 7.99. The fourth-order valence-corrected chi connectivity index (χ4v) is 3.21. The number of benzene rings is 1. The van der Waals surface area contributed by atoms with Crippen molar-refractivity contribution in [2.45, 2.75) is 6.54 Å². The zero-order chi connectivity index (χ0) is 13.1. The Morgan fingerprint density at radius 3 is 2.56 bits per heavy atom. The van der Waals surface area contributed by atoms with Crippen molar-refractivity contribution in [3.8, 4) is 5.75 Å². The first-order valence-electron chi connectivity index (χ1n) is 5.06. The first-order valence-corrected chi connectivity index (χ1v) is 7.53. The molecule has 1 aromatic heterocycles. The molecule has 0 aliphatic rings. The van der Waals surface area contributed by atoms with Gasteiger partial charge in [0, 0.05) is 10.4 Å². The van der Waals surface area contributed by atoms with Crippen LogP contribution in [-0.4, -0.2) is 11.0 Å². The SMILES string of the molecule is O=C(NCc1cccs1)c1cc(Br)c(O)c(Br)c1. The summed E-state index contributed by atoms with van der Waals surface area (Å²) in [5.74, 6) is -0.0883. The quantitative estimate of drug-likeness (QED) is 0.834. The number of phenols is 1. The van der Waals surface area contributed by atoms with E-state index in [2.05, 4.69) is 37.2 Å². The Labute approximate surface area is 125 Å². The maximum atomic E-state index is 11.9. The molecular weight excluding hydrogens is 382 g/mol. The molecule has 1 amide bonds. The first kappa shape index (κ1) is 13.6. The van der Waals surface area contributed by atoms with Crippen LogP contribution in [0.15, 0.2) is 38.6 Å². The normalized spacial score (nSPS) is 10.3. The van der Waals surface area contributed by atoms with Crippen LogP contribution in [0.2, 0.25) is 0 Å². The Morgan fingerprint density at radius 2 is 2.00 bits per heavy atom. The lowest BCUT2D eigenvalue weighted by molar-refractivity contribution is 0.0951. The molecule has 1 heterocycles. The van der Waals surface area contributed by atoms with Gasteiger partial charge in [-0.25, -0.2) is 0 Å². The summed E-state index contributed by atoms with van der Waals surface area (Å²) in [6, 6.07) is 7.08. The van der Waals surface area contributed by atoms with Crippen LogP contribution in [0, 0.1) is 0 Å². The molecule has 2 rings (SSSR count). The van der Waals surface area contributed by atoms with Gasteiger partial charge in [0.05, 0.1) is 15.5 Å². The number of rotatable bonds is 3. The molecule has 0 fully saturated rings. The number of thiophene rings is 1. The van der Waals surface area contributed by atoms with Crippen LogP contribution in [0.3, 0.4) is 0 Å². The molecule has 1 aromatic carbocycles. The lowest BCUT2D eigenvalue weighted by Crippen LogP contribution is -2.22. The van der Waals surface area contributed by atoms with Crippen molar-refractivity contribution >= 4 is 49.1 Å². The molecule has 6 heteroatoms. The highest BCUT2D eigenvalue weighted by Crippen LogP contribution is 2.33. The van der Waals surface area contributed by atoms with Gasteiger partial charge < -0.3 is 10.4 Å². The van der Waals surface area contributed by atoms with Gasteiger partial charge in [-0.15, -0.1) is 11.3 Å². The summed E-state index contributed by atoms with van der Waals surface area (Å²) in [4.78, 5) is 13.0. The van der Waals surface area contributed by atoms with E-state index in [1.165, 1.54) is 0 Å². The van der Waals surface area contributed by atoms with E-state index in [1.807, 2.05) is 17.5 Å². The number of hydrogen-bond donors (Lipinski definition) is 2. The van der Waals surface area contributed by atoms with E-state index in [-0.39, 0.29) is 11.7 Å². The van der Waals surface area contributed by atoms with Crippen LogP contribution in [0.1, 0.15) is 15.2 Å². The maximum absolute atomic E-state index is 11.9. The Bertz CT molecular complexity index is 546. The van der Waals surface area contributed by atoms with Crippen molar-refractivity contribution < 1.29 is 9.90 Å². The highest BCUT2D eigenvalue weighted by molar-refractivity contribution is 9.11.